The van der Waals surface area contributed by atoms with Crippen LogP contribution < -0.4 is 10.6 Å². The Balaban J connectivity index is 2.27. The van der Waals surface area contributed by atoms with E-state index in [9.17, 15) is 14.9 Å². The third-order valence-corrected chi connectivity index (χ3v) is 4.66. The fourth-order valence-electron chi connectivity index (χ4n) is 2.34. The highest BCUT2D eigenvalue weighted by atomic mass is 32.1. The van der Waals surface area contributed by atoms with Crippen LogP contribution in [0.15, 0.2) is 18.2 Å². The first-order valence-electron chi connectivity index (χ1n) is 7.04. The molecule has 0 saturated carbocycles. The molecular formula is C15H18N4O3S. The second-order valence-electron chi connectivity index (χ2n) is 5.11. The van der Waals surface area contributed by atoms with Crippen LogP contribution in [0.4, 0.5) is 11.4 Å². The molecule has 122 valence electrons. The third-order valence-electron chi connectivity index (χ3n) is 3.41. The quantitative estimate of drug-likeness (QED) is 0.646. The van der Waals surface area contributed by atoms with E-state index in [0.717, 1.165) is 15.6 Å². The van der Waals surface area contributed by atoms with E-state index in [4.69, 9.17) is 0 Å². The molecule has 1 unspecified atom stereocenters. The Labute approximate surface area is 137 Å². The van der Waals surface area contributed by atoms with Crippen molar-refractivity contribution in [1.29, 1.82) is 0 Å². The van der Waals surface area contributed by atoms with Crippen LogP contribution in [0.2, 0.25) is 0 Å². The van der Waals surface area contributed by atoms with E-state index in [-0.39, 0.29) is 23.2 Å². The van der Waals surface area contributed by atoms with Gasteiger partial charge in [-0.05, 0) is 26.8 Å². The smallest absolute Gasteiger partial charge is 0.270 e. The summed E-state index contributed by atoms with van der Waals surface area (Å²) >= 11 is 1.53. The van der Waals surface area contributed by atoms with E-state index < -0.39 is 4.92 Å². The highest BCUT2D eigenvalue weighted by Gasteiger charge is 2.20. The zero-order valence-electron chi connectivity index (χ0n) is 13.3. The maximum absolute atomic E-state index is 12.5. The van der Waals surface area contributed by atoms with Crippen LogP contribution in [-0.2, 0) is 0 Å². The predicted molar refractivity (Wildman–Crippen MR) is 90.1 cm³/mol. The molecule has 2 aromatic rings. The van der Waals surface area contributed by atoms with Gasteiger partial charge in [0.1, 0.15) is 0 Å². The molecule has 2 N–H and O–H groups in total. The molecule has 1 heterocycles. The van der Waals surface area contributed by atoms with Crippen LogP contribution in [0.3, 0.4) is 0 Å². The zero-order chi connectivity index (χ0) is 17.1. The number of carbonyl (C=O) groups excluding carboxylic acids is 1. The Hall–Kier alpha value is -2.48. The van der Waals surface area contributed by atoms with Crippen molar-refractivity contribution in [2.75, 3.05) is 12.4 Å². The molecular weight excluding hydrogens is 316 g/mol. The topological polar surface area (TPSA) is 97.2 Å². The standard InChI is InChI=1S/C15H18N4O3S/c1-8-14(23-10(3)17-8)9(2)18-15(20)12-7-11(19(21)22)5-6-13(12)16-4/h5-7,9,16H,1-4H3,(H,18,20). The SMILES string of the molecule is CNc1ccc([N+](=O)[O-])cc1C(=O)NC(C)c1sc(C)nc1C. The number of hydrogen-bond donors (Lipinski definition) is 2. The molecule has 7 nitrogen and oxygen atoms in total. The Kier molecular flexibility index (Phi) is 4.95. The predicted octanol–water partition coefficient (Wildman–Crippen LogP) is 3.20. The number of nitro benzene ring substituents is 1. The van der Waals surface area contributed by atoms with Crippen LogP contribution >= 0.6 is 11.3 Å². The minimum Gasteiger partial charge on any atom is -0.387 e. The molecule has 0 radical (unpaired) electrons. The molecule has 0 bridgehead atoms. The number of non-ortho nitro benzene ring substituents is 1. The van der Waals surface area contributed by atoms with Crippen molar-refractivity contribution in [2.45, 2.75) is 26.8 Å². The number of thiazole rings is 1. The first kappa shape index (κ1) is 16.9. The normalized spacial score (nSPS) is 11.8. The molecule has 1 atom stereocenters. The molecule has 1 aromatic heterocycles. The number of carbonyl (C=O) groups is 1. The maximum Gasteiger partial charge on any atom is 0.270 e. The summed E-state index contributed by atoms with van der Waals surface area (Å²) in [5, 5.41) is 17.6. The number of anilines is 1. The van der Waals surface area contributed by atoms with E-state index in [0.29, 0.717) is 5.69 Å². The highest BCUT2D eigenvalue weighted by molar-refractivity contribution is 7.11. The van der Waals surface area contributed by atoms with Crippen molar-refractivity contribution in [3.05, 3.63) is 49.5 Å². The van der Waals surface area contributed by atoms with Gasteiger partial charge in [-0.15, -0.1) is 11.3 Å². The molecule has 0 spiro atoms. The van der Waals surface area contributed by atoms with Crippen LogP contribution in [0.1, 0.15) is 38.9 Å². The fraction of sp³-hybridized carbons (Fsp3) is 0.333. The number of nitro groups is 1. The lowest BCUT2D eigenvalue weighted by molar-refractivity contribution is -0.384. The van der Waals surface area contributed by atoms with E-state index >= 15 is 0 Å². The molecule has 1 aromatic carbocycles. The van der Waals surface area contributed by atoms with Gasteiger partial charge in [0, 0.05) is 29.7 Å². The van der Waals surface area contributed by atoms with Crippen LogP contribution in [0.5, 0.6) is 0 Å². The number of aromatic nitrogens is 1. The first-order valence-corrected chi connectivity index (χ1v) is 7.86. The van der Waals surface area contributed by atoms with Gasteiger partial charge in [0.25, 0.3) is 11.6 Å². The van der Waals surface area contributed by atoms with Crippen LogP contribution in [0.25, 0.3) is 0 Å². The number of rotatable bonds is 5. The molecule has 1 amide bonds. The number of amides is 1. The summed E-state index contributed by atoms with van der Waals surface area (Å²) in [4.78, 5) is 28.2. The summed E-state index contributed by atoms with van der Waals surface area (Å²) in [6.07, 6.45) is 0. The van der Waals surface area contributed by atoms with Gasteiger partial charge in [0.2, 0.25) is 0 Å². The Morgan fingerprint density at radius 2 is 2.09 bits per heavy atom. The Morgan fingerprint density at radius 3 is 2.61 bits per heavy atom. The summed E-state index contributed by atoms with van der Waals surface area (Å²) in [6, 6.07) is 3.94. The van der Waals surface area contributed by atoms with Crippen LogP contribution in [0, 0.1) is 24.0 Å². The average Bonchev–Trinajstić information content (AvgIpc) is 2.85. The van der Waals surface area contributed by atoms with Gasteiger partial charge in [0.05, 0.1) is 27.2 Å². The molecule has 23 heavy (non-hydrogen) atoms. The molecule has 0 saturated heterocycles. The summed E-state index contributed by atoms with van der Waals surface area (Å²) in [5.41, 5.74) is 1.55. The first-order chi connectivity index (χ1) is 10.8. The van der Waals surface area contributed by atoms with Gasteiger partial charge < -0.3 is 10.6 Å². The Morgan fingerprint density at radius 1 is 1.39 bits per heavy atom. The van der Waals surface area contributed by atoms with E-state index in [1.165, 1.54) is 29.5 Å². The monoisotopic (exact) mass is 334 g/mol. The minimum atomic E-state index is -0.518. The lowest BCUT2D eigenvalue weighted by atomic mass is 10.1. The molecule has 0 aliphatic heterocycles. The van der Waals surface area contributed by atoms with Gasteiger partial charge in [-0.1, -0.05) is 0 Å². The van der Waals surface area contributed by atoms with E-state index in [2.05, 4.69) is 15.6 Å². The van der Waals surface area contributed by atoms with Crippen molar-refractivity contribution >= 4 is 28.6 Å². The van der Waals surface area contributed by atoms with Crippen molar-refractivity contribution < 1.29 is 9.72 Å². The molecule has 8 heteroatoms. The molecule has 2 rings (SSSR count). The number of nitrogens with zero attached hydrogens (tertiary/aromatic N) is 2. The largest absolute Gasteiger partial charge is 0.387 e. The summed E-state index contributed by atoms with van der Waals surface area (Å²) < 4.78 is 0. The molecule has 0 aliphatic rings. The second kappa shape index (κ2) is 6.74. The van der Waals surface area contributed by atoms with Gasteiger partial charge in [-0.2, -0.15) is 0 Å². The number of benzene rings is 1. The van der Waals surface area contributed by atoms with Crippen molar-refractivity contribution in [3.8, 4) is 0 Å². The van der Waals surface area contributed by atoms with Gasteiger partial charge in [0.15, 0.2) is 0 Å². The number of hydrogen-bond acceptors (Lipinski definition) is 6. The Bertz CT molecular complexity index is 757. The van der Waals surface area contributed by atoms with Crippen molar-refractivity contribution in [3.63, 3.8) is 0 Å². The van der Waals surface area contributed by atoms with Gasteiger partial charge >= 0.3 is 0 Å². The summed E-state index contributed by atoms with van der Waals surface area (Å²) in [5.74, 6) is -0.365. The number of nitrogens with one attached hydrogen (secondary N) is 2. The number of aryl methyl sites for hydroxylation is 2. The average molecular weight is 334 g/mol. The lowest BCUT2D eigenvalue weighted by Crippen LogP contribution is -2.27. The minimum absolute atomic E-state index is 0.119. The lowest BCUT2D eigenvalue weighted by Gasteiger charge is -2.15. The van der Waals surface area contributed by atoms with Crippen molar-refractivity contribution in [2.24, 2.45) is 0 Å². The molecule has 0 aliphatic carbocycles. The van der Waals surface area contributed by atoms with E-state index in [1.54, 1.807) is 7.05 Å². The van der Waals surface area contributed by atoms with Gasteiger partial charge in [-0.3, -0.25) is 14.9 Å². The van der Waals surface area contributed by atoms with E-state index in [1.807, 2.05) is 20.8 Å². The second-order valence-corrected chi connectivity index (χ2v) is 6.35. The van der Waals surface area contributed by atoms with Gasteiger partial charge in [-0.25, -0.2) is 4.98 Å². The maximum atomic E-state index is 12.5. The molecule has 0 fully saturated rings. The third kappa shape index (κ3) is 3.65. The summed E-state index contributed by atoms with van der Waals surface area (Å²) in [7, 11) is 1.66. The fourth-order valence-corrected chi connectivity index (χ4v) is 3.27. The highest BCUT2D eigenvalue weighted by Crippen LogP contribution is 2.26. The summed E-state index contributed by atoms with van der Waals surface area (Å²) in [6.45, 7) is 5.68. The zero-order valence-corrected chi connectivity index (χ0v) is 14.2. The van der Waals surface area contributed by atoms with Crippen molar-refractivity contribution in [1.82, 2.24) is 10.3 Å². The van der Waals surface area contributed by atoms with Crippen LogP contribution in [-0.4, -0.2) is 22.9 Å².